The van der Waals surface area contributed by atoms with Crippen LogP contribution in [0.25, 0.3) is 0 Å². The summed E-state index contributed by atoms with van der Waals surface area (Å²) < 4.78 is 25.7. The number of esters is 4. The van der Waals surface area contributed by atoms with Gasteiger partial charge in [-0.25, -0.2) is 9.59 Å². The Labute approximate surface area is 176 Å². The molecule has 0 bridgehead atoms. The second kappa shape index (κ2) is 15.2. The first-order valence-corrected chi connectivity index (χ1v) is 10.0. The number of carbonyl (C=O) groups excluding carboxylic acids is 4. The van der Waals surface area contributed by atoms with Crippen molar-refractivity contribution in [3.63, 3.8) is 0 Å². The summed E-state index contributed by atoms with van der Waals surface area (Å²) in [6, 6.07) is 0. The molecule has 0 aliphatic carbocycles. The lowest BCUT2D eigenvalue weighted by Crippen LogP contribution is -2.35. The molecule has 0 amide bonds. The molecule has 9 heteroatoms. The Morgan fingerprint density at radius 2 is 1.37 bits per heavy atom. The van der Waals surface area contributed by atoms with Crippen molar-refractivity contribution >= 4 is 23.9 Å². The number of ether oxygens (including phenoxy) is 5. The molecule has 2 atom stereocenters. The zero-order valence-corrected chi connectivity index (χ0v) is 17.2. The molecule has 1 aliphatic rings. The second-order valence-electron chi connectivity index (χ2n) is 6.58. The third kappa shape index (κ3) is 12.0. The van der Waals surface area contributed by atoms with Crippen LogP contribution >= 0.6 is 0 Å². The molecule has 1 rings (SSSR count). The summed E-state index contributed by atoms with van der Waals surface area (Å²) in [5, 5.41) is 0. The first kappa shape index (κ1) is 25.4. The van der Waals surface area contributed by atoms with Gasteiger partial charge in [-0.15, -0.1) is 0 Å². The number of carbonyl (C=O) groups is 4. The Balaban J connectivity index is 2.15. The summed E-state index contributed by atoms with van der Waals surface area (Å²) in [5.41, 5.74) is 0. The quantitative estimate of drug-likeness (QED) is 0.179. The van der Waals surface area contributed by atoms with E-state index in [1.165, 1.54) is 0 Å². The highest BCUT2D eigenvalue weighted by atomic mass is 16.7. The fourth-order valence-corrected chi connectivity index (χ4v) is 2.58. The summed E-state index contributed by atoms with van der Waals surface area (Å²) in [6.45, 7) is 7.36. The smallest absolute Gasteiger partial charge is 0.330 e. The minimum Gasteiger partial charge on any atom is -0.463 e. The van der Waals surface area contributed by atoms with E-state index in [1.54, 1.807) is 0 Å². The van der Waals surface area contributed by atoms with Crippen LogP contribution in [0.1, 0.15) is 51.4 Å². The van der Waals surface area contributed by atoms with Crippen molar-refractivity contribution < 1.29 is 42.9 Å². The van der Waals surface area contributed by atoms with E-state index < -0.39 is 24.2 Å². The molecule has 1 heterocycles. The molecule has 1 saturated heterocycles. The molecule has 0 aromatic rings. The van der Waals surface area contributed by atoms with Crippen LogP contribution in [0.3, 0.4) is 0 Å². The van der Waals surface area contributed by atoms with Gasteiger partial charge in [-0.1, -0.05) is 13.2 Å². The van der Waals surface area contributed by atoms with Crippen molar-refractivity contribution in [1.82, 2.24) is 0 Å². The molecule has 0 spiro atoms. The van der Waals surface area contributed by atoms with E-state index in [1.807, 2.05) is 0 Å². The van der Waals surface area contributed by atoms with Gasteiger partial charge >= 0.3 is 23.9 Å². The van der Waals surface area contributed by atoms with Gasteiger partial charge in [0.1, 0.15) is 6.10 Å². The van der Waals surface area contributed by atoms with Gasteiger partial charge in [0.15, 0.2) is 0 Å². The number of hydrogen-bond donors (Lipinski definition) is 0. The highest BCUT2D eigenvalue weighted by Crippen LogP contribution is 2.19. The summed E-state index contributed by atoms with van der Waals surface area (Å²) in [7, 11) is 0. The van der Waals surface area contributed by atoms with Crippen LogP contribution in [0.5, 0.6) is 0 Å². The Kier molecular flexibility index (Phi) is 12.8. The molecule has 1 fully saturated rings. The largest absolute Gasteiger partial charge is 0.463 e. The molecule has 0 saturated carbocycles. The van der Waals surface area contributed by atoms with Gasteiger partial charge in [-0.05, 0) is 25.7 Å². The standard InChI is InChI=1S/C21H30O9/c1-3-17(22)26-12-7-5-9-19(24)29-16-11-14-28-21(15-16)30-20(25)10-6-8-13-27-18(23)4-2/h3-4,16,21H,1-2,5-15H2. The Bertz CT molecular complexity index is 549. The van der Waals surface area contributed by atoms with Crippen molar-refractivity contribution in [2.45, 2.75) is 63.8 Å². The normalized spacial score (nSPS) is 18.0. The fraction of sp³-hybridized carbons (Fsp3) is 0.619. The SMILES string of the molecule is C=CC(=O)OCCCCC(=O)OC1CCOC(OC(=O)CCCCOC(=O)C=C)C1. The highest BCUT2D eigenvalue weighted by molar-refractivity contribution is 5.81. The van der Waals surface area contributed by atoms with E-state index in [4.69, 9.17) is 23.7 Å². The van der Waals surface area contributed by atoms with Crippen LogP contribution in [0.15, 0.2) is 25.3 Å². The predicted molar refractivity (Wildman–Crippen MR) is 105 cm³/mol. The van der Waals surface area contributed by atoms with Crippen molar-refractivity contribution in [2.24, 2.45) is 0 Å². The van der Waals surface area contributed by atoms with Crippen molar-refractivity contribution in [3.8, 4) is 0 Å². The van der Waals surface area contributed by atoms with E-state index in [-0.39, 0.29) is 44.5 Å². The van der Waals surface area contributed by atoms with E-state index in [2.05, 4.69) is 13.2 Å². The third-order valence-corrected chi connectivity index (χ3v) is 4.13. The number of rotatable bonds is 14. The first-order chi connectivity index (χ1) is 14.4. The number of unbranched alkanes of at least 4 members (excludes halogenated alkanes) is 2. The van der Waals surface area contributed by atoms with E-state index in [9.17, 15) is 19.2 Å². The van der Waals surface area contributed by atoms with Gasteiger partial charge in [0.2, 0.25) is 6.29 Å². The molecule has 9 nitrogen and oxygen atoms in total. The van der Waals surface area contributed by atoms with Gasteiger partial charge in [0.25, 0.3) is 0 Å². The molecule has 0 aromatic heterocycles. The van der Waals surface area contributed by atoms with Crippen LogP contribution in [0, 0.1) is 0 Å². The van der Waals surface area contributed by atoms with Gasteiger partial charge in [0.05, 0.1) is 19.8 Å². The van der Waals surface area contributed by atoms with Crippen LogP contribution in [-0.2, 0) is 42.9 Å². The molecule has 0 radical (unpaired) electrons. The zero-order valence-electron chi connectivity index (χ0n) is 17.2. The third-order valence-electron chi connectivity index (χ3n) is 4.13. The van der Waals surface area contributed by atoms with E-state index in [0.29, 0.717) is 38.7 Å². The maximum Gasteiger partial charge on any atom is 0.330 e. The van der Waals surface area contributed by atoms with Crippen molar-refractivity contribution in [1.29, 1.82) is 0 Å². The molecule has 2 unspecified atom stereocenters. The summed E-state index contributed by atoms with van der Waals surface area (Å²) in [5.74, 6) is -1.76. The molecule has 30 heavy (non-hydrogen) atoms. The zero-order chi connectivity index (χ0) is 22.2. The maximum absolute atomic E-state index is 11.9. The fourth-order valence-electron chi connectivity index (χ4n) is 2.58. The van der Waals surface area contributed by atoms with Crippen molar-refractivity contribution in [3.05, 3.63) is 25.3 Å². The van der Waals surface area contributed by atoms with Crippen LogP contribution in [0.2, 0.25) is 0 Å². The average molecular weight is 426 g/mol. The summed E-state index contributed by atoms with van der Waals surface area (Å²) in [6.07, 6.45) is 4.38. The minimum absolute atomic E-state index is 0.173. The molecule has 0 aromatic carbocycles. The van der Waals surface area contributed by atoms with Gasteiger partial charge in [-0.2, -0.15) is 0 Å². The second-order valence-corrected chi connectivity index (χ2v) is 6.58. The van der Waals surface area contributed by atoms with Crippen LogP contribution < -0.4 is 0 Å². The lowest BCUT2D eigenvalue weighted by Gasteiger charge is -2.28. The lowest BCUT2D eigenvalue weighted by molar-refractivity contribution is -0.202. The first-order valence-electron chi connectivity index (χ1n) is 10.0. The molecule has 1 aliphatic heterocycles. The predicted octanol–water partition coefficient (Wildman–Crippen LogP) is 2.38. The van der Waals surface area contributed by atoms with Gasteiger partial charge in [-0.3, -0.25) is 9.59 Å². The van der Waals surface area contributed by atoms with E-state index in [0.717, 1.165) is 12.2 Å². The van der Waals surface area contributed by atoms with Crippen molar-refractivity contribution in [2.75, 3.05) is 19.8 Å². The Hall–Kier alpha value is -2.68. The Morgan fingerprint density at radius 1 is 0.833 bits per heavy atom. The topological polar surface area (TPSA) is 114 Å². The molecule has 168 valence electrons. The summed E-state index contributed by atoms with van der Waals surface area (Å²) >= 11 is 0. The Morgan fingerprint density at radius 3 is 1.90 bits per heavy atom. The van der Waals surface area contributed by atoms with E-state index >= 15 is 0 Å². The molecular weight excluding hydrogens is 396 g/mol. The highest BCUT2D eigenvalue weighted by Gasteiger charge is 2.28. The monoisotopic (exact) mass is 426 g/mol. The van der Waals surface area contributed by atoms with Gasteiger partial charge < -0.3 is 23.7 Å². The van der Waals surface area contributed by atoms with Crippen LogP contribution in [0.4, 0.5) is 0 Å². The van der Waals surface area contributed by atoms with Gasteiger partial charge in [0, 0.05) is 37.8 Å². The molecular formula is C21H30O9. The minimum atomic E-state index is -0.749. The maximum atomic E-state index is 11.9. The molecule has 0 N–H and O–H groups in total. The number of hydrogen-bond acceptors (Lipinski definition) is 9. The average Bonchev–Trinajstić information content (AvgIpc) is 2.73. The lowest BCUT2D eigenvalue weighted by atomic mass is 10.1. The van der Waals surface area contributed by atoms with Crippen LogP contribution in [-0.4, -0.2) is 56.1 Å². The summed E-state index contributed by atoms with van der Waals surface area (Å²) in [4.78, 5) is 45.6.